The molecule has 2 rings (SSSR count). The number of anilines is 1. The first-order chi connectivity index (χ1) is 9.40. The van der Waals surface area contributed by atoms with Crippen LogP contribution in [0.5, 0.6) is 0 Å². The molecule has 1 aromatic rings. The average Bonchev–Trinajstić information content (AvgIpc) is 2.53. The Bertz CT molecular complexity index is 557. The van der Waals surface area contributed by atoms with Crippen LogP contribution in [0, 0.1) is 0 Å². The molecule has 1 unspecified atom stereocenters. The number of nitrogens with zero attached hydrogens (tertiary/aromatic N) is 2. The van der Waals surface area contributed by atoms with Crippen molar-refractivity contribution in [3.8, 4) is 0 Å². The van der Waals surface area contributed by atoms with E-state index in [2.05, 4.69) is 42.0 Å². The summed E-state index contributed by atoms with van der Waals surface area (Å²) in [6, 6.07) is 8.78. The third kappa shape index (κ3) is 3.73. The smallest absolute Gasteiger partial charge is 0.148 e. The third-order valence-corrected chi connectivity index (χ3v) is 4.92. The molecule has 1 aliphatic rings. The lowest BCUT2D eigenvalue weighted by atomic mass is 10.1. The van der Waals surface area contributed by atoms with Gasteiger partial charge in [-0.05, 0) is 18.1 Å². The Labute approximate surface area is 122 Å². The van der Waals surface area contributed by atoms with Crippen LogP contribution < -0.4 is 4.90 Å². The van der Waals surface area contributed by atoms with E-state index >= 15 is 0 Å². The summed E-state index contributed by atoms with van der Waals surface area (Å²) in [5.41, 5.74) is 2.53. The molecule has 4 nitrogen and oxygen atoms in total. The Hall–Kier alpha value is -1.07. The lowest BCUT2D eigenvalue weighted by Gasteiger charge is -2.30. The van der Waals surface area contributed by atoms with Crippen LogP contribution in [0.1, 0.15) is 18.9 Å². The van der Waals surface area contributed by atoms with E-state index in [0.29, 0.717) is 12.6 Å². The molecule has 1 aromatic carbocycles. The summed E-state index contributed by atoms with van der Waals surface area (Å²) >= 11 is 0. The molecule has 0 aliphatic carbocycles. The second kappa shape index (κ2) is 6.14. The summed E-state index contributed by atoms with van der Waals surface area (Å²) in [5, 5.41) is 0. The lowest BCUT2D eigenvalue weighted by Crippen LogP contribution is -2.41. The van der Waals surface area contributed by atoms with Gasteiger partial charge in [-0.2, -0.15) is 0 Å². The van der Waals surface area contributed by atoms with E-state index in [4.69, 9.17) is 0 Å². The topological polar surface area (TPSA) is 40.6 Å². The summed E-state index contributed by atoms with van der Waals surface area (Å²) < 4.78 is 22.9. The van der Waals surface area contributed by atoms with Gasteiger partial charge >= 0.3 is 0 Å². The van der Waals surface area contributed by atoms with Gasteiger partial charge in [-0.25, -0.2) is 8.42 Å². The van der Waals surface area contributed by atoms with Crippen LogP contribution in [0.3, 0.4) is 0 Å². The molecular formula is C15H24N2O2S. The highest BCUT2D eigenvalue weighted by Crippen LogP contribution is 2.26. The predicted octanol–water partition coefficient (Wildman–Crippen LogP) is 1.76. The summed E-state index contributed by atoms with van der Waals surface area (Å²) in [7, 11) is -0.801. The van der Waals surface area contributed by atoms with E-state index in [0.717, 1.165) is 19.5 Å². The van der Waals surface area contributed by atoms with Crippen LogP contribution in [0.4, 0.5) is 5.69 Å². The van der Waals surface area contributed by atoms with Crippen molar-refractivity contribution in [1.29, 1.82) is 0 Å². The highest BCUT2D eigenvalue weighted by atomic mass is 32.2. The molecule has 0 spiro atoms. The van der Waals surface area contributed by atoms with Gasteiger partial charge in [0.2, 0.25) is 0 Å². The van der Waals surface area contributed by atoms with Crippen LogP contribution >= 0.6 is 0 Å². The largest absolute Gasteiger partial charge is 0.373 e. The van der Waals surface area contributed by atoms with Crippen LogP contribution in [-0.4, -0.2) is 51.5 Å². The van der Waals surface area contributed by atoms with E-state index in [-0.39, 0.29) is 5.75 Å². The molecule has 1 aliphatic heterocycles. The Morgan fingerprint density at radius 3 is 2.65 bits per heavy atom. The molecule has 0 radical (unpaired) electrons. The summed E-state index contributed by atoms with van der Waals surface area (Å²) in [6.07, 6.45) is 2.34. The zero-order chi connectivity index (χ0) is 14.8. The van der Waals surface area contributed by atoms with E-state index in [1.807, 2.05) is 6.07 Å². The number of hydrogen-bond acceptors (Lipinski definition) is 4. The maximum atomic E-state index is 11.4. The van der Waals surface area contributed by atoms with Gasteiger partial charge in [-0.15, -0.1) is 0 Å². The van der Waals surface area contributed by atoms with Crippen LogP contribution in [0.2, 0.25) is 0 Å². The molecule has 0 bridgehead atoms. The first kappa shape index (κ1) is 15.3. The third-order valence-electron chi connectivity index (χ3n) is 4.00. The molecule has 112 valence electrons. The molecule has 0 saturated carbocycles. The summed E-state index contributed by atoms with van der Waals surface area (Å²) in [5.74, 6) is 0.232. The second-order valence-electron chi connectivity index (χ2n) is 5.67. The molecule has 0 N–H and O–H groups in total. The second-order valence-corrected chi connectivity index (χ2v) is 7.93. The highest BCUT2D eigenvalue weighted by molar-refractivity contribution is 7.90. The fourth-order valence-corrected chi connectivity index (χ4v) is 3.39. The van der Waals surface area contributed by atoms with Crippen molar-refractivity contribution in [1.82, 2.24) is 4.90 Å². The minimum atomic E-state index is -2.91. The van der Waals surface area contributed by atoms with E-state index in [9.17, 15) is 8.42 Å². The highest BCUT2D eigenvalue weighted by Gasteiger charge is 2.25. The Kier molecular flexibility index (Phi) is 4.70. The normalized spacial score (nSPS) is 20.6. The number of hydrogen-bond donors (Lipinski definition) is 0. The van der Waals surface area contributed by atoms with Crippen LogP contribution in [-0.2, 0) is 16.4 Å². The first-order valence-electron chi connectivity index (χ1n) is 7.11. The zero-order valence-electron chi connectivity index (χ0n) is 12.5. The van der Waals surface area contributed by atoms with Gasteiger partial charge in [0.15, 0.2) is 0 Å². The number of fused-ring (bicyclic) bond motifs is 1. The number of benzene rings is 1. The van der Waals surface area contributed by atoms with E-state index in [1.54, 1.807) is 0 Å². The van der Waals surface area contributed by atoms with Crippen molar-refractivity contribution >= 4 is 15.5 Å². The van der Waals surface area contributed by atoms with Gasteiger partial charge in [0, 0.05) is 44.7 Å². The van der Waals surface area contributed by atoms with Crippen molar-refractivity contribution in [2.75, 3.05) is 37.0 Å². The Morgan fingerprint density at radius 1 is 1.30 bits per heavy atom. The summed E-state index contributed by atoms with van der Waals surface area (Å²) in [6.45, 7) is 4.55. The van der Waals surface area contributed by atoms with E-state index < -0.39 is 9.84 Å². The van der Waals surface area contributed by atoms with Crippen molar-refractivity contribution in [2.24, 2.45) is 0 Å². The summed E-state index contributed by atoms with van der Waals surface area (Å²) in [4.78, 5) is 4.59. The number of para-hydroxylation sites is 1. The molecule has 0 fully saturated rings. The molecule has 1 atom stereocenters. The van der Waals surface area contributed by atoms with Gasteiger partial charge in [-0.3, -0.25) is 4.90 Å². The zero-order valence-corrected chi connectivity index (χ0v) is 13.4. The minimum Gasteiger partial charge on any atom is -0.373 e. The SMILES string of the molecule is CCC1CN(C)c2ccccc2CN1CCS(C)(=O)=O. The molecule has 0 amide bonds. The van der Waals surface area contributed by atoms with Crippen molar-refractivity contribution in [2.45, 2.75) is 25.9 Å². The van der Waals surface area contributed by atoms with Crippen LogP contribution in [0.15, 0.2) is 24.3 Å². The van der Waals surface area contributed by atoms with Gasteiger partial charge in [0.25, 0.3) is 0 Å². The Balaban J connectivity index is 2.22. The van der Waals surface area contributed by atoms with Crippen molar-refractivity contribution in [3.63, 3.8) is 0 Å². The predicted molar refractivity (Wildman–Crippen MR) is 83.9 cm³/mol. The van der Waals surface area contributed by atoms with Gasteiger partial charge in [0.05, 0.1) is 5.75 Å². The number of sulfone groups is 1. The Morgan fingerprint density at radius 2 is 2.00 bits per heavy atom. The number of rotatable bonds is 4. The fourth-order valence-electron chi connectivity index (χ4n) is 2.83. The molecule has 20 heavy (non-hydrogen) atoms. The van der Waals surface area contributed by atoms with Crippen molar-refractivity contribution < 1.29 is 8.42 Å². The minimum absolute atomic E-state index is 0.232. The maximum absolute atomic E-state index is 11.4. The first-order valence-corrected chi connectivity index (χ1v) is 9.17. The maximum Gasteiger partial charge on any atom is 0.148 e. The quantitative estimate of drug-likeness (QED) is 0.849. The number of likely N-dealkylation sites (N-methyl/N-ethyl adjacent to an activating group) is 1. The standard InChI is InChI=1S/C15H24N2O2S/c1-4-14-12-16(2)15-8-6-5-7-13(15)11-17(14)9-10-20(3,18)19/h5-8,14H,4,9-12H2,1-3H3. The molecule has 0 aromatic heterocycles. The molecule has 0 saturated heterocycles. The van der Waals surface area contributed by atoms with Gasteiger partial charge in [-0.1, -0.05) is 25.1 Å². The van der Waals surface area contributed by atoms with E-state index in [1.165, 1.54) is 17.5 Å². The average molecular weight is 296 g/mol. The molecule has 5 heteroatoms. The van der Waals surface area contributed by atoms with Crippen LogP contribution in [0.25, 0.3) is 0 Å². The lowest BCUT2D eigenvalue weighted by molar-refractivity contribution is 0.202. The fraction of sp³-hybridized carbons (Fsp3) is 0.600. The molecule has 1 heterocycles. The van der Waals surface area contributed by atoms with Gasteiger partial charge in [0.1, 0.15) is 9.84 Å². The molecular weight excluding hydrogens is 272 g/mol. The van der Waals surface area contributed by atoms with Crippen molar-refractivity contribution in [3.05, 3.63) is 29.8 Å². The van der Waals surface area contributed by atoms with Gasteiger partial charge < -0.3 is 4.90 Å². The monoisotopic (exact) mass is 296 g/mol.